The Labute approximate surface area is 115 Å². The highest BCUT2D eigenvalue weighted by Crippen LogP contribution is 2.38. The van der Waals surface area contributed by atoms with Crippen molar-refractivity contribution >= 4 is 5.97 Å². The molecular weight excluding hydrogens is 258 g/mol. The molecule has 5 nitrogen and oxygen atoms in total. The van der Waals surface area contributed by atoms with E-state index in [2.05, 4.69) is 4.98 Å². The number of hydrogen-bond acceptors (Lipinski definition) is 5. The zero-order chi connectivity index (χ0) is 13.9. The van der Waals surface area contributed by atoms with E-state index in [0.29, 0.717) is 12.5 Å². The van der Waals surface area contributed by atoms with Crippen LogP contribution in [0.25, 0.3) is 0 Å². The van der Waals surface area contributed by atoms with E-state index in [4.69, 9.17) is 9.47 Å². The summed E-state index contributed by atoms with van der Waals surface area (Å²) in [6.45, 7) is 0.409. The highest BCUT2D eigenvalue weighted by Gasteiger charge is 2.41. The van der Waals surface area contributed by atoms with Gasteiger partial charge in [-0.2, -0.15) is 0 Å². The monoisotopic (exact) mass is 270 g/mol. The van der Waals surface area contributed by atoms with Crippen molar-refractivity contribution in [2.75, 3.05) is 0 Å². The Morgan fingerprint density at radius 1 is 1.25 bits per heavy atom. The molecule has 2 heterocycles. The van der Waals surface area contributed by atoms with Gasteiger partial charge in [0.15, 0.2) is 0 Å². The van der Waals surface area contributed by atoms with Crippen LogP contribution in [-0.2, 0) is 16.1 Å². The molecule has 1 aliphatic rings. The zero-order valence-electron chi connectivity index (χ0n) is 10.6. The normalized spacial score (nSPS) is 20.4. The number of rotatable bonds is 5. The van der Waals surface area contributed by atoms with Crippen molar-refractivity contribution in [1.82, 2.24) is 4.98 Å². The molecule has 0 aliphatic carbocycles. The maximum atomic E-state index is 10.6. The van der Waals surface area contributed by atoms with Crippen molar-refractivity contribution in [3.63, 3.8) is 0 Å². The minimum atomic E-state index is -1.17. The highest BCUT2D eigenvalue weighted by molar-refractivity contribution is 5.74. The average molecular weight is 270 g/mol. The first-order valence-corrected chi connectivity index (χ1v) is 6.23. The van der Waals surface area contributed by atoms with Gasteiger partial charge in [0.05, 0.1) is 5.97 Å². The van der Waals surface area contributed by atoms with Gasteiger partial charge in [-0.15, -0.1) is 0 Å². The Bertz CT molecular complexity index is 597. The fourth-order valence-corrected chi connectivity index (χ4v) is 1.94. The van der Waals surface area contributed by atoms with E-state index in [9.17, 15) is 9.90 Å². The predicted molar refractivity (Wildman–Crippen MR) is 67.6 cm³/mol. The standard InChI is InChI=1S/C15H13NO4/c17-15(18)14-13(20-14)11-6-4-10(5-7-11)9-19-12-3-1-2-8-16-12/h1-8,13-14H,9H2,(H,17,18)/p-1/t13-,14-/m1/s1. The van der Waals surface area contributed by atoms with E-state index < -0.39 is 12.1 Å². The third kappa shape index (κ3) is 2.78. The number of benzene rings is 1. The van der Waals surface area contributed by atoms with Crippen LogP contribution in [0.4, 0.5) is 0 Å². The van der Waals surface area contributed by atoms with Crippen LogP contribution in [-0.4, -0.2) is 17.1 Å². The van der Waals surface area contributed by atoms with E-state index in [-0.39, 0.29) is 6.10 Å². The molecule has 0 bridgehead atoms. The number of aromatic nitrogens is 1. The highest BCUT2D eigenvalue weighted by atomic mass is 16.6. The molecule has 20 heavy (non-hydrogen) atoms. The van der Waals surface area contributed by atoms with Gasteiger partial charge in [0.2, 0.25) is 5.88 Å². The summed E-state index contributed by atoms with van der Waals surface area (Å²) < 4.78 is 10.6. The molecule has 3 rings (SSSR count). The molecule has 1 fully saturated rings. The van der Waals surface area contributed by atoms with Crippen LogP contribution in [0.15, 0.2) is 48.7 Å². The minimum absolute atomic E-state index is 0.384. The first kappa shape index (κ1) is 12.6. The van der Waals surface area contributed by atoms with Gasteiger partial charge in [-0.25, -0.2) is 4.98 Å². The molecular formula is C15H12NO4-. The number of carbonyl (C=O) groups is 1. The van der Waals surface area contributed by atoms with Crippen molar-refractivity contribution in [2.24, 2.45) is 0 Å². The number of carboxylic acids is 1. The van der Waals surface area contributed by atoms with E-state index in [0.717, 1.165) is 11.1 Å². The van der Waals surface area contributed by atoms with Crippen LogP contribution in [0.1, 0.15) is 17.2 Å². The van der Waals surface area contributed by atoms with Crippen molar-refractivity contribution in [3.05, 3.63) is 59.8 Å². The fraction of sp³-hybridized carbons (Fsp3) is 0.200. The quantitative estimate of drug-likeness (QED) is 0.753. The summed E-state index contributed by atoms with van der Waals surface area (Å²) in [5.41, 5.74) is 1.81. The molecule has 5 heteroatoms. The van der Waals surface area contributed by atoms with Crippen molar-refractivity contribution < 1.29 is 19.4 Å². The third-order valence-electron chi connectivity index (χ3n) is 3.06. The first-order valence-electron chi connectivity index (χ1n) is 6.23. The van der Waals surface area contributed by atoms with Gasteiger partial charge in [-0.05, 0) is 17.2 Å². The summed E-state index contributed by atoms with van der Waals surface area (Å²) in [4.78, 5) is 14.7. The van der Waals surface area contributed by atoms with Crippen LogP contribution >= 0.6 is 0 Å². The molecule has 1 aromatic carbocycles. The number of epoxide rings is 1. The van der Waals surface area contributed by atoms with Gasteiger partial charge in [0.1, 0.15) is 18.8 Å². The number of nitrogens with zero attached hydrogens (tertiary/aromatic N) is 1. The SMILES string of the molecule is O=C([O-])[C@@H]1O[C@@H]1c1ccc(COc2ccccn2)cc1. The summed E-state index contributed by atoms with van der Waals surface area (Å²) in [7, 11) is 0. The average Bonchev–Trinajstić information content (AvgIpc) is 3.27. The molecule has 0 amide bonds. The number of aliphatic carboxylic acids is 1. The molecule has 1 aromatic heterocycles. The molecule has 0 saturated carbocycles. The maximum absolute atomic E-state index is 10.6. The van der Waals surface area contributed by atoms with E-state index in [1.165, 1.54) is 0 Å². The van der Waals surface area contributed by atoms with Crippen LogP contribution in [0.3, 0.4) is 0 Å². The third-order valence-corrected chi connectivity index (χ3v) is 3.06. The number of hydrogen-bond donors (Lipinski definition) is 0. The Morgan fingerprint density at radius 3 is 2.65 bits per heavy atom. The molecule has 0 spiro atoms. The van der Waals surface area contributed by atoms with E-state index in [1.807, 2.05) is 36.4 Å². The predicted octanol–water partition coefficient (Wildman–Crippen LogP) is 0.850. The molecule has 2 aromatic rings. The summed E-state index contributed by atoms with van der Waals surface area (Å²) in [6.07, 6.45) is 0.472. The van der Waals surface area contributed by atoms with Crippen molar-refractivity contribution in [2.45, 2.75) is 18.8 Å². The first-order chi connectivity index (χ1) is 9.74. The lowest BCUT2D eigenvalue weighted by atomic mass is 10.1. The number of pyridine rings is 1. The Kier molecular flexibility index (Phi) is 3.35. The molecule has 102 valence electrons. The second kappa shape index (κ2) is 5.30. The molecule has 0 radical (unpaired) electrons. The number of ether oxygens (including phenoxy) is 2. The lowest BCUT2D eigenvalue weighted by Gasteiger charge is -2.05. The van der Waals surface area contributed by atoms with Gasteiger partial charge in [-0.1, -0.05) is 30.3 Å². The van der Waals surface area contributed by atoms with Crippen LogP contribution in [0.5, 0.6) is 5.88 Å². The van der Waals surface area contributed by atoms with E-state index in [1.54, 1.807) is 12.3 Å². The summed E-state index contributed by atoms with van der Waals surface area (Å²) in [5.74, 6) is -0.600. The number of carboxylic acid groups (broad SMARTS) is 1. The number of carbonyl (C=O) groups excluding carboxylic acids is 1. The molecule has 1 aliphatic heterocycles. The Morgan fingerprint density at radius 2 is 2.05 bits per heavy atom. The Hall–Kier alpha value is -2.40. The van der Waals surface area contributed by atoms with Gasteiger partial charge in [0.25, 0.3) is 0 Å². The summed E-state index contributed by atoms with van der Waals surface area (Å²) >= 11 is 0. The summed E-state index contributed by atoms with van der Waals surface area (Å²) in [6, 6.07) is 12.9. The van der Waals surface area contributed by atoms with Gasteiger partial charge in [-0.3, -0.25) is 0 Å². The largest absolute Gasteiger partial charge is 0.547 e. The van der Waals surface area contributed by atoms with Crippen molar-refractivity contribution in [1.29, 1.82) is 0 Å². The molecule has 0 unspecified atom stereocenters. The van der Waals surface area contributed by atoms with Crippen LogP contribution < -0.4 is 9.84 Å². The fourth-order valence-electron chi connectivity index (χ4n) is 1.94. The van der Waals surface area contributed by atoms with Gasteiger partial charge < -0.3 is 19.4 Å². The topological polar surface area (TPSA) is 74.8 Å². The van der Waals surface area contributed by atoms with E-state index >= 15 is 0 Å². The maximum Gasteiger partial charge on any atom is 0.213 e. The Balaban J connectivity index is 1.58. The zero-order valence-corrected chi connectivity index (χ0v) is 10.6. The molecule has 1 saturated heterocycles. The van der Waals surface area contributed by atoms with Crippen LogP contribution in [0.2, 0.25) is 0 Å². The smallest absolute Gasteiger partial charge is 0.213 e. The minimum Gasteiger partial charge on any atom is -0.547 e. The second-order valence-electron chi connectivity index (χ2n) is 4.49. The summed E-state index contributed by atoms with van der Waals surface area (Å²) in [5, 5.41) is 10.6. The van der Waals surface area contributed by atoms with Crippen molar-refractivity contribution in [3.8, 4) is 5.88 Å². The lowest BCUT2D eigenvalue weighted by molar-refractivity contribution is -0.307. The van der Waals surface area contributed by atoms with Gasteiger partial charge in [0, 0.05) is 12.3 Å². The lowest BCUT2D eigenvalue weighted by Crippen LogP contribution is -2.28. The molecule has 2 atom stereocenters. The van der Waals surface area contributed by atoms with Crippen LogP contribution in [0, 0.1) is 0 Å². The van der Waals surface area contributed by atoms with Gasteiger partial charge >= 0.3 is 0 Å². The second-order valence-corrected chi connectivity index (χ2v) is 4.49. The molecule has 0 N–H and O–H groups in total.